The monoisotopic (exact) mass is 353 g/mol. The third-order valence-corrected chi connectivity index (χ3v) is 3.29. The number of anilines is 1. The molecule has 7 heteroatoms. The van der Waals surface area contributed by atoms with Crippen LogP contribution in [0.15, 0.2) is 48.5 Å². The second kappa shape index (κ2) is 7.92. The van der Waals surface area contributed by atoms with Crippen molar-refractivity contribution in [1.82, 2.24) is 0 Å². The summed E-state index contributed by atoms with van der Waals surface area (Å²) in [4.78, 5) is 11.8. The molecule has 0 unspecified atom stereocenters. The highest BCUT2D eigenvalue weighted by atomic mass is 19.4. The molecule has 0 heterocycles. The highest BCUT2D eigenvalue weighted by molar-refractivity contribution is 5.91. The van der Waals surface area contributed by atoms with Crippen LogP contribution in [0.3, 0.4) is 0 Å². The molecule has 1 N–H and O–H groups in total. The molecule has 0 aliphatic carbocycles. The zero-order chi connectivity index (χ0) is 18.4. The molecule has 0 saturated carbocycles. The van der Waals surface area contributed by atoms with Gasteiger partial charge in [-0.3, -0.25) is 4.79 Å². The number of carbonyl (C=O) groups is 1. The molecule has 0 saturated heterocycles. The van der Waals surface area contributed by atoms with E-state index in [0.717, 1.165) is 17.7 Å². The maximum absolute atomic E-state index is 12.1. The van der Waals surface area contributed by atoms with Crippen LogP contribution >= 0.6 is 0 Å². The molecule has 2 aromatic rings. The maximum atomic E-state index is 12.1. The van der Waals surface area contributed by atoms with Gasteiger partial charge >= 0.3 is 6.36 Å². The second-order valence-corrected chi connectivity index (χ2v) is 5.63. The largest absolute Gasteiger partial charge is 0.573 e. The van der Waals surface area contributed by atoms with E-state index >= 15 is 0 Å². The summed E-state index contributed by atoms with van der Waals surface area (Å²) in [6.07, 6.45) is -4.75. The smallest absolute Gasteiger partial charge is 0.484 e. The van der Waals surface area contributed by atoms with Crippen LogP contribution in [0.5, 0.6) is 11.5 Å². The number of amides is 1. The lowest BCUT2D eigenvalue weighted by Gasteiger charge is -2.11. The van der Waals surface area contributed by atoms with Gasteiger partial charge in [-0.2, -0.15) is 0 Å². The molecule has 2 aromatic carbocycles. The number of hydrogen-bond acceptors (Lipinski definition) is 3. The van der Waals surface area contributed by atoms with Gasteiger partial charge in [0, 0.05) is 5.69 Å². The Balaban J connectivity index is 1.83. The number of carbonyl (C=O) groups excluding carboxylic acids is 1. The standard InChI is InChI=1S/C18H18F3NO3/c1-12(2)13-3-7-15(8-4-13)24-11-17(23)22-14-5-9-16(10-6-14)25-18(19,20)21/h3-10,12H,11H2,1-2H3,(H,22,23). The van der Waals surface area contributed by atoms with Crippen LogP contribution in [-0.4, -0.2) is 18.9 Å². The molecule has 0 aromatic heterocycles. The van der Waals surface area contributed by atoms with Crippen molar-refractivity contribution in [3.8, 4) is 11.5 Å². The maximum Gasteiger partial charge on any atom is 0.573 e. The summed E-state index contributed by atoms with van der Waals surface area (Å²) in [5.41, 5.74) is 1.51. The van der Waals surface area contributed by atoms with E-state index < -0.39 is 12.3 Å². The van der Waals surface area contributed by atoms with Gasteiger partial charge in [0.2, 0.25) is 0 Å². The molecule has 0 spiro atoms. The van der Waals surface area contributed by atoms with E-state index in [1.807, 2.05) is 12.1 Å². The van der Waals surface area contributed by atoms with Gasteiger partial charge in [0.25, 0.3) is 5.91 Å². The first-order chi connectivity index (χ1) is 11.7. The molecule has 0 fully saturated rings. The fraction of sp³-hybridized carbons (Fsp3) is 0.278. The van der Waals surface area contributed by atoms with E-state index in [9.17, 15) is 18.0 Å². The van der Waals surface area contributed by atoms with Gasteiger partial charge in [-0.25, -0.2) is 0 Å². The van der Waals surface area contributed by atoms with Crippen LogP contribution in [-0.2, 0) is 4.79 Å². The molecule has 1 amide bonds. The molecule has 4 nitrogen and oxygen atoms in total. The Bertz CT molecular complexity index is 695. The normalized spacial score (nSPS) is 11.3. The molecule has 25 heavy (non-hydrogen) atoms. The first kappa shape index (κ1) is 18.6. The second-order valence-electron chi connectivity index (χ2n) is 5.63. The van der Waals surface area contributed by atoms with Gasteiger partial charge in [-0.15, -0.1) is 13.2 Å². The van der Waals surface area contributed by atoms with Gasteiger partial charge in [-0.05, 0) is 47.9 Å². The van der Waals surface area contributed by atoms with Gasteiger partial charge in [0.05, 0.1) is 0 Å². The van der Waals surface area contributed by atoms with Gasteiger partial charge in [-0.1, -0.05) is 26.0 Å². The fourth-order valence-electron chi connectivity index (χ4n) is 2.03. The van der Waals surface area contributed by atoms with Crippen LogP contribution in [0.2, 0.25) is 0 Å². The predicted molar refractivity (Wildman–Crippen MR) is 87.8 cm³/mol. The molecule has 134 valence electrons. The Labute approximate surface area is 143 Å². The van der Waals surface area contributed by atoms with Crippen LogP contribution < -0.4 is 14.8 Å². The minimum Gasteiger partial charge on any atom is -0.484 e. The minimum absolute atomic E-state index is 0.207. The van der Waals surface area contributed by atoms with E-state index in [0.29, 0.717) is 17.4 Å². The van der Waals surface area contributed by atoms with Crippen molar-refractivity contribution in [2.45, 2.75) is 26.1 Å². The number of halogens is 3. The van der Waals surface area contributed by atoms with E-state index in [1.165, 1.54) is 12.1 Å². The van der Waals surface area contributed by atoms with Gasteiger partial charge < -0.3 is 14.8 Å². The lowest BCUT2D eigenvalue weighted by molar-refractivity contribution is -0.274. The average molecular weight is 353 g/mol. The Kier molecular flexibility index (Phi) is 5.90. The molecule has 0 aliphatic rings. The van der Waals surface area contributed by atoms with Crippen LogP contribution in [0.25, 0.3) is 0 Å². The summed E-state index contributed by atoms with van der Waals surface area (Å²) in [6.45, 7) is 3.95. The quantitative estimate of drug-likeness (QED) is 0.817. The highest BCUT2D eigenvalue weighted by Gasteiger charge is 2.30. The first-order valence-electron chi connectivity index (χ1n) is 7.61. The van der Waals surface area contributed by atoms with E-state index in [-0.39, 0.29) is 12.4 Å². The zero-order valence-corrected chi connectivity index (χ0v) is 13.8. The molecular formula is C18H18F3NO3. The van der Waals surface area contributed by atoms with Crippen LogP contribution in [0.1, 0.15) is 25.3 Å². The summed E-state index contributed by atoms with van der Waals surface area (Å²) >= 11 is 0. The molecule has 0 radical (unpaired) electrons. The van der Waals surface area contributed by atoms with Gasteiger partial charge in [0.15, 0.2) is 6.61 Å². The van der Waals surface area contributed by atoms with Crippen molar-refractivity contribution in [3.63, 3.8) is 0 Å². The summed E-state index contributed by atoms with van der Waals surface area (Å²) in [5, 5.41) is 2.53. The van der Waals surface area contributed by atoms with E-state index in [2.05, 4.69) is 23.9 Å². The topological polar surface area (TPSA) is 47.6 Å². The first-order valence-corrected chi connectivity index (χ1v) is 7.61. The van der Waals surface area contributed by atoms with Crippen molar-refractivity contribution in [2.24, 2.45) is 0 Å². The fourth-order valence-corrected chi connectivity index (χ4v) is 2.03. The summed E-state index contributed by atoms with van der Waals surface area (Å²) in [6, 6.07) is 12.3. The lowest BCUT2D eigenvalue weighted by Crippen LogP contribution is -2.20. The SMILES string of the molecule is CC(C)c1ccc(OCC(=O)Nc2ccc(OC(F)(F)F)cc2)cc1. The van der Waals surface area contributed by atoms with E-state index in [1.54, 1.807) is 12.1 Å². The van der Waals surface area contributed by atoms with Crippen molar-refractivity contribution >= 4 is 11.6 Å². The minimum atomic E-state index is -4.75. The number of benzene rings is 2. The summed E-state index contributed by atoms with van der Waals surface area (Å²) in [5.74, 6) is 0.194. The molecule has 0 atom stereocenters. The Morgan fingerprint density at radius 2 is 1.56 bits per heavy atom. The third-order valence-electron chi connectivity index (χ3n) is 3.29. The van der Waals surface area contributed by atoms with E-state index in [4.69, 9.17) is 4.74 Å². The molecular weight excluding hydrogens is 335 g/mol. The third kappa shape index (κ3) is 6.37. The summed E-state index contributed by atoms with van der Waals surface area (Å²) < 4.78 is 45.4. The molecule has 0 bridgehead atoms. The Morgan fingerprint density at radius 3 is 2.08 bits per heavy atom. The average Bonchev–Trinajstić information content (AvgIpc) is 2.54. The Morgan fingerprint density at radius 1 is 1.00 bits per heavy atom. The highest BCUT2D eigenvalue weighted by Crippen LogP contribution is 2.24. The van der Waals surface area contributed by atoms with Crippen molar-refractivity contribution in [2.75, 3.05) is 11.9 Å². The number of rotatable bonds is 6. The van der Waals surface area contributed by atoms with Crippen LogP contribution in [0.4, 0.5) is 18.9 Å². The van der Waals surface area contributed by atoms with Crippen molar-refractivity contribution < 1.29 is 27.4 Å². The summed E-state index contributed by atoms with van der Waals surface area (Å²) in [7, 11) is 0. The molecule has 0 aliphatic heterocycles. The predicted octanol–water partition coefficient (Wildman–Crippen LogP) is 4.73. The van der Waals surface area contributed by atoms with Crippen LogP contribution in [0, 0.1) is 0 Å². The number of ether oxygens (including phenoxy) is 2. The zero-order valence-electron chi connectivity index (χ0n) is 13.8. The number of hydrogen-bond donors (Lipinski definition) is 1. The van der Waals surface area contributed by atoms with Crippen molar-refractivity contribution in [3.05, 3.63) is 54.1 Å². The van der Waals surface area contributed by atoms with Crippen molar-refractivity contribution in [1.29, 1.82) is 0 Å². The van der Waals surface area contributed by atoms with Gasteiger partial charge in [0.1, 0.15) is 11.5 Å². The Hall–Kier alpha value is -2.70. The number of nitrogens with one attached hydrogen (secondary N) is 1. The molecule has 2 rings (SSSR count). The lowest BCUT2D eigenvalue weighted by atomic mass is 10.0. The number of alkyl halides is 3.